The topological polar surface area (TPSA) is 43.8 Å². The highest BCUT2D eigenvalue weighted by Gasteiger charge is 2.31. The summed E-state index contributed by atoms with van der Waals surface area (Å²) in [6, 6.07) is 0.202. The summed E-state index contributed by atoms with van der Waals surface area (Å²) in [6.45, 7) is 2.79. The Bertz CT molecular complexity index is 254. The van der Waals surface area contributed by atoms with E-state index >= 15 is 0 Å². The molecule has 1 unspecified atom stereocenters. The summed E-state index contributed by atoms with van der Waals surface area (Å²) in [4.78, 5) is 16.1. The van der Waals surface area contributed by atoms with E-state index in [1.807, 2.05) is 9.80 Å². The Labute approximate surface area is 110 Å². The van der Waals surface area contributed by atoms with Gasteiger partial charge in [0.15, 0.2) is 0 Å². The summed E-state index contributed by atoms with van der Waals surface area (Å²) in [5, 5.41) is 9.05. The van der Waals surface area contributed by atoms with Gasteiger partial charge in [0.25, 0.3) is 0 Å². The smallest absolute Gasteiger partial charge is 0.320 e. The molecule has 2 aliphatic heterocycles. The van der Waals surface area contributed by atoms with Crippen LogP contribution < -0.4 is 0 Å². The minimum atomic E-state index is 0.202. The molecule has 92 valence electrons. The molecule has 1 atom stereocenters. The van der Waals surface area contributed by atoms with Crippen LogP contribution in [0.4, 0.5) is 4.79 Å². The number of piperidine rings is 1. The summed E-state index contributed by atoms with van der Waals surface area (Å²) in [5.74, 6) is 0.401. The largest absolute Gasteiger partial charge is 0.396 e. The molecule has 2 aliphatic rings. The van der Waals surface area contributed by atoms with Crippen molar-refractivity contribution in [2.24, 2.45) is 5.92 Å². The highest BCUT2D eigenvalue weighted by Crippen LogP contribution is 2.25. The molecule has 5 heteroatoms. The Balaban J connectivity index is 1.86. The predicted octanol–water partition coefficient (Wildman–Crippen LogP) is 1.67. The zero-order chi connectivity index (χ0) is 11.5. The SMILES string of the molecule is O=C(N1CCC(CO)CC1)N1CCCC1I. The maximum Gasteiger partial charge on any atom is 0.320 e. The molecule has 0 aromatic carbocycles. The normalized spacial score (nSPS) is 27.5. The number of aliphatic hydroxyl groups excluding tert-OH is 1. The first kappa shape index (κ1) is 12.4. The van der Waals surface area contributed by atoms with E-state index in [0.717, 1.165) is 45.3 Å². The van der Waals surface area contributed by atoms with Gasteiger partial charge in [-0.2, -0.15) is 0 Å². The number of aliphatic hydroxyl groups is 1. The molecule has 0 aromatic heterocycles. The van der Waals surface area contributed by atoms with Crippen LogP contribution in [-0.4, -0.2) is 51.2 Å². The zero-order valence-corrected chi connectivity index (χ0v) is 11.6. The molecule has 1 N–H and O–H groups in total. The maximum absolute atomic E-state index is 12.2. The van der Waals surface area contributed by atoms with Gasteiger partial charge in [0.05, 0.1) is 4.05 Å². The third-order valence-corrected chi connectivity index (χ3v) is 4.86. The lowest BCUT2D eigenvalue weighted by Crippen LogP contribution is -2.47. The number of nitrogens with zero attached hydrogens (tertiary/aromatic N) is 2. The van der Waals surface area contributed by atoms with Crippen molar-refractivity contribution in [2.75, 3.05) is 26.2 Å². The third kappa shape index (κ3) is 2.61. The van der Waals surface area contributed by atoms with Crippen molar-refractivity contribution in [2.45, 2.75) is 29.7 Å². The van der Waals surface area contributed by atoms with Crippen LogP contribution >= 0.6 is 22.6 Å². The van der Waals surface area contributed by atoms with Crippen LogP contribution in [0.2, 0.25) is 0 Å². The van der Waals surface area contributed by atoms with E-state index in [1.165, 1.54) is 0 Å². The van der Waals surface area contributed by atoms with Gasteiger partial charge in [-0.25, -0.2) is 4.79 Å². The second-order valence-corrected chi connectivity index (χ2v) is 6.10. The number of alkyl halides is 1. The summed E-state index contributed by atoms with van der Waals surface area (Å²) < 4.78 is 0.376. The van der Waals surface area contributed by atoms with Crippen molar-refractivity contribution < 1.29 is 9.90 Å². The Morgan fingerprint density at radius 2 is 1.94 bits per heavy atom. The first-order chi connectivity index (χ1) is 7.72. The van der Waals surface area contributed by atoms with E-state index in [4.69, 9.17) is 5.11 Å². The van der Waals surface area contributed by atoms with Gasteiger partial charge in [-0.05, 0) is 31.6 Å². The molecule has 2 rings (SSSR count). The molecule has 0 bridgehead atoms. The van der Waals surface area contributed by atoms with E-state index in [-0.39, 0.29) is 12.6 Å². The number of halogens is 1. The molecule has 2 saturated heterocycles. The van der Waals surface area contributed by atoms with Gasteiger partial charge >= 0.3 is 6.03 Å². The fourth-order valence-corrected chi connectivity index (χ4v) is 3.39. The van der Waals surface area contributed by atoms with Crippen molar-refractivity contribution in [3.8, 4) is 0 Å². The van der Waals surface area contributed by atoms with Crippen LogP contribution in [0.5, 0.6) is 0 Å². The lowest BCUT2D eigenvalue weighted by Gasteiger charge is -2.35. The lowest BCUT2D eigenvalue weighted by atomic mass is 9.98. The zero-order valence-electron chi connectivity index (χ0n) is 9.44. The first-order valence-corrected chi connectivity index (χ1v) is 7.27. The number of hydrogen-bond donors (Lipinski definition) is 1. The molecular weight excluding hydrogens is 319 g/mol. The molecule has 4 nitrogen and oxygen atoms in total. The summed E-state index contributed by atoms with van der Waals surface area (Å²) in [7, 11) is 0. The van der Waals surface area contributed by atoms with Crippen LogP contribution in [-0.2, 0) is 0 Å². The quantitative estimate of drug-likeness (QED) is 0.449. The molecular formula is C11H19IN2O2. The number of amides is 2. The molecule has 0 radical (unpaired) electrons. The first-order valence-electron chi connectivity index (χ1n) is 6.03. The van der Waals surface area contributed by atoms with Crippen molar-refractivity contribution in [1.82, 2.24) is 9.80 Å². The van der Waals surface area contributed by atoms with Crippen LogP contribution in [0.25, 0.3) is 0 Å². The van der Waals surface area contributed by atoms with E-state index in [1.54, 1.807) is 0 Å². The van der Waals surface area contributed by atoms with Crippen molar-refractivity contribution >= 4 is 28.6 Å². The highest BCUT2D eigenvalue weighted by molar-refractivity contribution is 14.1. The van der Waals surface area contributed by atoms with Gasteiger partial charge in [-0.3, -0.25) is 0 Å². The van der Waals surface area contributed by atoms with E-state index in [0.29, 0.717) is 9.97 Å². The second-order valence-electron chi connectivity index (χ2n) is 4.67. The Kier molecular flexibility index (Phi) is 4.29. The van der Waals surface area contributed by atoms with Crippen LogP contribution in [0.1, 0.15) is 25.7 Å². The second kappa shape index (κ2) is 5.53. The number of rotatable bonds is 1. The van der Waals surface area contributed by atoms with Crippen LogP contribution in [0, 0.1) is 5.92 Å². The number of hydrogen-bond acceptors (Lipinski definition) is 2. The Morgan fingerprint density at radius 1 is 1.25 bits per heavy atom. The Morgan fingerprint density at radius 3 is 2.44 bits per heavy atom. The standard InChI is InChI=1S/C11H19IN2O2/c12-10-2-1-5-14(10)11(16)13-6-3-9(8-15)4-7-13/h9-10,15H,1-8H2. The van der Waals surface area contributed by atoms with Crippen LogP contribution in [0.3, 0.4) is 0 Å². The summed E-state index contributed by atoms with van der Waals surface area (Å²) in [6.07, 6.45) is 4.15. The molecule has 2 fully saturated rings. The molecule has 0 aromatic rings. The number of urea groups is 1. The van der Waals surface area contributed by atoms with E-state index < -0.39 is 0 Å². The van der Waals surface area contributed by atoms with Crippen molar-refractivity contribution in [3.63, 3.8) is 0 Å². The Hall–Kier alpha value is -0.0400. The average Bonchev–Trinajstić information content (AvgIpc) is 2.75. The molecule has 16 heavy (non-hydrogen) atoms. The minimum Gasteiger partial charge on any atom is -0.396 e. The van der Waals surface area contributed by atoms with Crippen molar-refractivity contribution in [1.29, 1.82) is 0 Å². The van der Waals surface area contributed by atoms with Gasteiger partial charge in [-0.1, -0.05) is 22.6 Å². The molecule has 0 spiro atoms. The predicted molar refractivity (Wildman–Crippen MR) is 70.5 cm³/mol. The molecule has 2 amide bonds. The summed E-state index contributed by atoms with van der Waals surface area (Å²) in [5.41, 5.74) is 0. The number of carbonyl (C=O) groups excluding carboxylic acids is 1. The van der Waals surface area contributed by atoms with Gasteiger partial charge in [0.1, 0.15) is 0 Å². The maximum atomic E-state index is 12.2. The van der Waals surface area contributed by atoms with Gasteiger partial charge in [0.2, 0.25) is 0 Å². The molecule has 2 heterocycles. The van der Waals surface area contributed by atoms with Crippen LogP contribution in [0.15, 0.2) is 0 Å². The molecule has 0 saturated carbocycles. The highest BCUT2D eigenvalue weighted by atomic mass is 127. The average molecular weight is 338 g/mol. The van der Waals surface area contributed by atoms with Gasteiger partial charge < -0.3 is 14.9 Å². The fourth-order valence-electron chi connectivity index (χ4n) is 2.43. The fraction of sp³-hybridized carbons (Fsp3) is 0.909. The monoisotopic (exact) mass is 338 g/mol. The van der Waals surface area contributed by atoms with E-state index in [9.17, 15) is 4.79 Å². The van der Waals surface area contributed by atoms with Gasteiger partial charge in [-0.15, -0.1) is 0 Å². The minimum absolute atomic E-state index is 0.202. The number of likely N-dealkylation sites (tertiary alicyclic amines) is 2. The molecule has 0 aliphatic carbocycles. The van der Waals surface area contributed by atoms with E-state index in [2.05, 4.69) is 22.6 Å². The van der Waals surface area contributed by atoms with Gasteiger partial charge in [0, 0.05) is 26.2 Å². The number of carbonyl (C=O) groups is 1. The third-order valence-electron chi connectivity index (χ3n) is 3.57. The summed E-state index contributed by atoms with van der Waals surface area (Å²) >= 11 is 2.36. The van der Waals surface area contributed by atoms with Crippen molar-refractivity contribution in [3.05, 3.63) is 0 Å². The lowest BCUT2D eigenvalue weighted by molar-refractivity contribution is 0.118.